The summed E-state index contributed by atoms with van der Waals surface area (Å²) in [6.45, 7) is 0. The lowest BCUT2D eigenvalue weighted by Crippen LogP contribution is -1.89. The van der Waals surface area contributed by atoms with Gasteiger partial charge < -0.3 is 9.72 Å². The summed E-state index contributed by atoms with van der Waals surface area (Å²) in [4.78, 5) is 6.63. The Kier molecular flexibility index (Phi) is 2.60. The number of aromatic amines is 1. The van der Waals surface area contributed by atoms with Crippen LogP contribution in [0.25, 0.3) is 11.3 Å². The Labute approximate surface area is 90.9 Å². The van der Waals surface area contributed by atoms with E-state index in [4.69, 9.17) is 16.3 Å². The lowest BCUT2D eigenvalue weighted by Gasteiger charge is -2.05. The number of hydrogen-bond donors (Lipinski definition) is 1. The van der Waals surface area contributed by atoms with E-state index in [0.717, 1.165) is 0 Å². The molecule has 0 unspecified atom stereocenters. The van der Waals surface area contributed by atoms with Crippen molar-refractivity contribution in [3.05, 3.63) is 35.5 Å². The summed E-state index contributed by atoms with van der Waals surface area (Å²) < 4.78 is 18.2. The summed E-state index contributed by atoms with van der Waals surface area (Å²) in [6.07, 6.45) is 1.53. The highest BCUT2D eigenvalue weighted by Crippen LogP contribution is 2.29. The lowest BCUT2D eigenvalue weighted by molar-refractivity contribution is 0.415. The van der Waals surface area contributed by atoms with Crippen LogP contribution in [-0.4, -0.2) is 17.1 Å². The highest BCUT2D eigenvalue weighted by molar-refractivity contribution is 6.28. The van der Waals surface area contributed by atoms with Gasteiger partial charge in [-0.15, -0.1) is 0 Å². The van der Waals surface area contributed by atoms with Gasteiger partial charge in [0.1, 0.15) is 11.6 Å². The number of aromatic nitrogens is 2. The zero-order valence-electron chi connectivity index (χ0n) is 7.92. The van der Waals surface area contributed by atoms with Crippen LogP contribution in [0.5, 0.6) is 5.75 Å². The van der Waals surface area contributed by atoms with Crippen molar-refractivity contribution in [2.45, 2.75) is 0 Å². The molecule has 15 heavy (non-hydrogen) atoms. The number of nitrogens with zero attached hydrogens (tertiary/aromatic N) is 1. The first-order valence-electron chi connectivity index (χ1n) is 4.25. The second-order valence-electron chi connectivity index (χ2n) is 2.93. The summed E-state index contributed by atoms with van der Waals surface area (Å²) in [5.41, 5.74) is 1.22. The SMILES string of the molecule is COc1ccc(F)cc1-c1cnc(Cl)[nH]1. The smallest absolute Gasteiger partial charge is 0.200 e. The second-order valence-corrected chi connectivity index (χ2v) is 3.29. The third-order valence-electron chi connectivity index (χ3n) is 2.00. The second kappa shape index (κ2) is 3.90. The molecule has 2 rings (SSSR count). The van der Waals surface area contributed by atoms with Gasteiger partial charge in [-0.1, -0.05) is 0 Å². The first-order chi connectivity index (χ1) is 7.20. The molecule has 3 nitrogen and oxygen atoms in total. The molecule has 0 saturated carbocycles. The Bertz CT molecular complexity index is 484. The predicted molar refractivity (Wildman–Crippen MR) is 55.5 cm³/mol. The molecule has 5 heteroatoms. The molecule has 78 valence electrons. The lowest BCUT2D eigenvalue weighted by atomic mass is 10.1. The van der Waals surface area contributed by atoms with Gasteiger partial charge in [-0.05, 0) is 29.8 Å². The Morgan fingerprint density at radius 1 is 1.47 bits per heavy atom. The molecule has 0 radical (unpaired) electrons. The average Bonchev–Trinajstić information content (AvgIpc) is 2.65. The van der Waals surface area contributed by atoms with E-state index in [1.165, 1.54) is 25.4 Å². The van der Waals surface area contributed by atoms with Gasteiger partial charge in [0.25, 0.3) is 0 Å². The third kappa shape index (κ3) is 1.94. The van der Waals surface area contributed by atoms with E-state index in [2.05, 4.69) is 9.97 Å². The average molecular weight is 227 g/mol. The zero-order valence-corrected chi connectivity index (χ0v) is 8.68. The van der Waals surface area contributed by atoms with Crippen molar-refractivity contribution >= 4 is 11.6 Å². The molecule has 0 aliphatic carbocycles. The zero-order chi connectivity index (χ0) is 10.8. The highest BCUT2D eigenvalue weighted by Gasteiger charge is 2.09. The van der Waals surface area contributed by atoms with Gasteiger partial charge in [0, 0.05) is 5.56 Å². The molecule has 2 aromatic rings. The molecule has 0 amide bonds. The molecule has 0 fully saturated rings. The summed E-state index contributed by atoms with van der Waals surface area (Å²) >= 11 is 5.64. The van der Waals surface area contributed by atoms with E-state index >= 15 is 0 Å². The van der Waals surface area contributed by atoms with Crippen molar-refractivity contribution in [1.29, 1.82) is 0 Å². The number of halogens is 2. The van der Waals surface area contributed by atoms with Gasteiger partial charge in [-0.3, -0.25) is 0 Å². The van der Waals surface area contributed by atoms with Crippen molar-refractivity contribution < 1.29 is 9.13 Å². The molecular formula is C10H8ClFN2O. The van der Waals surface area contributed by atoms with Crippen LogP contribution in [0, 0.1) is 5.82 Å². The van der Waals surface area contributed by atoms with Crippen molar-refractivity contribution in [3.63, 3.8) is 0 Å². The van der Waals surface area contributed by atoms with Gasteiger partial charge in [0.05, 0.1) is 19.0 Å². The summed E-state index contributed by atoms with van der Waals surface area (Å²) in [6, 6.07) is 4.25. The van der Waals surface area contributed by atoms with Crippen LogP contribution in [0.15, 0.2) is 24.4 Å². The molecule has 0 atom stereocenters. The van der Waals surface area contributed by atoms with Gasteiger partial charge >= 0.3 is 0 Å². The maximum Gasteiger partial charge on any atom is 0.200 e. The predicted octanol–water partition coefficient (Wildman–Crippen LogP) is 2.88. The topological polar surface area (TPSA) is 37.9 Å². The van der Waals surface area contributed by atoms with E-state index in [9.17, 15) is 4.39 Å². The van der Waals surface area contributed by atoms with Crippen LogP contribution in [0.3, 0.4) is 0 Å². The summed E-state index contributed by atoms with van der Waals surface area (Å²) in [7, 11) is 1.52. The first kappa shape index (κ1) is 9.98. The van der Waals surface area contributed by atoms with E-state index in [1.807, 2.05) is 0 Å². The number of ether oxygens (including phenoxy) is 1. The Hall–Kier alpha value is -1.55. The first-order valence-corrected chi connectivity index (χ1v) is 4.63. The fourth-order valence-corrected chi connectivity index (χ4v) is 1.48. The monoisotopic (exact) mass is 226 g/mol. The fourth-order valence-electron chi connectivity index (χ4n) is 1.32. The van der Waals surface area contributed by atoms with Crippen molar-refractivity contribution in [2.75, 3.05) is 7.11 Å². The van der Waals surface area contributed by atoms with Crippen molar-refractivity contribution in [3.8, 4) is 17.0 Å². The minimum Gasteiger partial charge on any atom is -0.496 e. The molecule has 1 aromatic heterocycles. The van der Waals surface area contributed by atoms with Gasteiger partial charge in [-0.2, -0.15) is 0 Å². The van der Waals surface area contributed by atoms with Gasteiger partial charge in [0.15, 0.2) is 5.28 Å². The molecule has 0 bridgehead atoms. The molecule has 1 heterocycles. The number of hydrogen-bond acceptors (Lipinski definition) is 2. The summed E-state index contributed by atoms with van der Waals surface area (Å²) in [5, 5.41) is 0.260. The van der Waals surface area contributed by atoms with Crippen molar-refractivity contribution in [2.24, 2.45) is 0 Å². The van der Waals surface area contributed by atoms with E-state index < -0.39 is 0 Å². The number of nitrogens with one attached hydrogen (secondary N) is 1. The van der Waals surface area contributed by atoms with Crippen LogP contribution in [0.4, 0.5) is 4.39 Å². The summed E-state index contributed by atoms with van der Waals surface area (Å²) in [5.74, 6) is 0.230. The quantitative estimate of drug-likeness (QED) is 0.855. The molecule has 0 aliphatic rings. The molecular weight excluding hydrogens is 219 g/mol. The Morgan fingerprint density at radius 2 is 2.27 bits per heavy atom. The Balaban J connectivity index is 2.55. The molecule has 1 aromatic carbocycles. The minimum atomic E-state index is -0.337. The highest BCUT2D eigenvalue weighted by atomic mass is 35.5. The largest absolute Gasteiger partial charge is 0.496 e. The molecule has 0 spiro atoms. The van der Waals surface area contributed by atoms with E-state index in [-0.39, 0.29) is 11.1 Å². The van der Waals surface area contributed by atoms with E-state index in [1.54, 1.807) is 6.07 Å². The maximum atomic E-state index is 13.1. The number of imidazole rings is 1. The van der Waals surface area contributed by atoms with Crippen LogP contribution in [0.2, 0.25) is 5.28 Å². The maximum absolute atomic E-state index is 13.1. The molecule has 0 saturated heterocycles. The number of rotatable bonds is 2. The van der Waals surface area contributed by atoms with Crippen LogP contribution in [0.1, 0.15) is 0 Å². The van der Waals surface area contributed by atoms with Crippen LogP contribution in [-0.2, 0) is 0 Å². The normalized spacial score (nSPS) is 10.3. The Morgan fingerprint density at radius 3 is 2.87 bits per heavy atom. The van der Waals surface area contributed by atoms with Crippen LogP contribution >= 0.6 is 11.6 Å². The minimum absolute atomic E-state index is 0.260. The standard InChI is InChI=1S/C10H8ClFN2O/c1-15-9-3-2-6(12)4-7(9)8-5-13-10(11)14-8/h2-5H,1H3,(H,13,14). The fraction of sp³-hybridized carbons (Fsp3) is 0.100. The third-order valence-corrected chi connectivity index (χ3v) is 2.19. The number of H-pyrrole nitrogens is 1. The van der Waals surface area contributed by atoms with Crippen molar-refractivity contribution in [1.82, 2.24) is 9.97 Å². The van der Waals surface area contributed by atoms with Gasteiger partial charge in [-0.25, -0.2) is 9.37 Å². The van der Waals surface area contributed by atoms with Gasteiger partial charge in [0.2, 0.25) is 0 Å². The van der Waals surface area contributed by atoms with Crippen LogP contribution < -0.4 is 4.74 Å². The number of benzene rings is 1. The molecule has 1 N–H and O–H groups in total. The number of methoxy groups -OCH3 is 1. The molecule has 0 aliphatic heterocycles. The van der Waals surface area contributed by atoms with E-state index in [0.29, 0.717) is 17.0 Å².